The van der Waals surface area contributed by atoms with Crippen LogP contribution in [0.15, 0.2) is 30.3 Å². The van der Waals surface area contributed by atoms with Crippen molar-refractivity contribution in [3.63, 3.8) is 0 Å². The Labute approximate surface area is 127 Å². The van der Waals surface area contributed by atoms with Crippen molar-refractivity contribution in [3.05, 3.63) is 35.9 Å². The average molecular weight is 284 g/mol. The highest BCUT2D eigenvalue weighted by Crippen LogP contribution is 2.57. The van der Waals surface area contributed by atoms with Gasteiger partial charge in [-0.2, -0.15) is 0 Å². The van der Waals surface area contributed by atoms with Crippen molar-refractivity contribution in [2.75, 3.05) is 13.1 Å². The highest BCUT2D eigenvalue weighted by atomic mass is 16.2. The standard InChI is InChI=1S/C18H24N2O/c1-4-10-16(19)15-13-18(15,14-11-8-7-9-12-14)17(21)20(5-2)6-3/h1,7-9,11-12,15-16H,5-6,10,13,19H2,2-3H3/t15-,16-,18+/m0/s1. The number of terminal acetylenes is 1. The van der Waals surface area contributed by atoms with Crippen LogP contribution in [-0.2, 0) is 10.2 Å². The van der Waals surface area contributed by atoms with E-state index in [-0.39, 0.29) is 17.9 Å². The van der Waals surface area contributed by atoms with Gasteiger partial charge in [-0.1, -0.05) is 30.3 Å². The lowest BCUT2D eigenvalue weighted by Gasteiger charge is -2.27. The minimum absolute atomic E-state index is 0.116. The summed E-state index contributed by atoms with van der Waals surface area (Å²) in [7, 11) is 0. The maximum atomic E-state index is 13.0. The smallest absolute Gasteiger partial charge is 0.233 e. The first-order valence-corrected chi connectivity index (χ1v) is 7.65. The molecule has 0 radical (unpaired) electrons. The van der Waals surface area contributed by atoms with E-state index in [2.05, 4.69) is 5.92 Å². The lowest BCUT2D eigenvalue weighted by atomic mass is 9.88. The summed E-state index contributed by atoms with van der Waals surface area (Å²) in [6.07, 6.45) is 6.70. The van der Waals surface area contributed by atoms with E-state index in [1.54, 1.807) is 0 Å². The number of hydrogen-bond donors (Lipinski definition) is 1. The van der Waals surface area contributed by atoms with Crippen molar-refractivity contribution >= 4 is 5.91 Å². The Morgan fingerprint density at radius 2 is 2.05 bits per heavy atom. The van der Waals surface area contributed by atoms with E-state index < -0.39 is 5.41 Å². The quantitative estimate of drug-likeness (QED) is 0.814. The Morgan fingerprint density at radius 1 is 1.43 bits per heavy atom. The van der Waals surface area contributed by atoms with Gasteiger partial charge in [-0.05, 0) is 31.7 Å². The molecule has 3 heteroatoms. The number of benzene rings is 1. The molecule has 2 rings (SSSR count). The number of nitrogens with two attached hydrogens (primary N) is 1. The van der Waals surface area contributed by atoms with E-state index in [1.807, 2.05) is 49.1 Å². The van der Waals surface area contributed by atoms with Gasteiger partial charge < -0.3 is 10.6 Å². The molecule has 1 saturated carbocycles. The summed E-state index contributed by atoms with van der Waals surface area (Å²) in [5.41, 5.74) is 6.81. The second-order valence-corrected chi connectivity index (χ2v) is 5.70. The molecular formula is C18H24N2O. The Morgan fingerprint density at radius 3 is 2.57 bits per heavy atom. The summed E-state index contributed by atoms with van der Waals surface area (Å²) < 4.78 is 0. The second-order valence-electron chi connectivity index (χ2n) is 5.70. The van der Waals surface area contributed by atoms with Gasteiger partial charge in [0.05, 0.1) is 5.41 Å². The third kappa shape index (κ3) is 2.69. The van der Waals surface area contributed by atoms with Crippen molar-refractivity contribution in [1.82, 2.24) is 4.90 Å². The first-order valence-electron chi connectivity index (χ1n) is 7.65. The monoisotopic (exact) mass is 284 g/mol. The molecule has 0 spiro atoms. The third-order valence-electron chi connectivity index (χ3n) is 4.61. The predicted octanol–water partition coefficient (Wildman–Crippen LogP) is 2.16. The van der Waals surface area contributed by atoms with Crippen LogP contribution in [0.1, 0.15) is 32.3 Å². The Kier molecular flexibility index (Phi) is 4.69. The molecule has 1 amide bonds. The summed E-state index contributed by atoms with van der Waals surface area (Å²) in [6.45, 7) is 5.47. The van der Waals surface area contributed by atoms with Gasteiger partial charge in [0.15, 0.2) is 0 Å². The molecule has 1 aromatic rings. The molecule has 3 atom stereocenters. The molecule has 0 heterocycles. The van der Waals surface area contributed by atoms with Crippen molar-refractivity contribution in [1.29, 1.82) is 0 Å². The van der Waals surface area contributed by atoms with E-state index in [0.717, 1.165) is 25.1 Å². The van der Waals surface area contributed by atoms with Gasteiger partial charge in [0.1, 0.15) is 0 Å². The second kappa shape index (κ2) is 6.32. The maximum absolute atomic E-state index is 13.0. The van der Waals surface area contributed by atoms with Gasteiger partial charge in [-0.15, -0.1) is 12.3 Å². The largest absolute Gasteiger partial charge is 0.342 e. The van der Waals surface area contributed by atoms with Gasteiger partial charge in [-0.25, -0.2) is 0 Å². The van der Waals surface area contributed by atoms with E-state index in [1.165, 1.54) is 0 Å². The van der Waals surface area contributed by atoms with Crippen LogP contribution in [0.3, 0.4) is 0 Å². The van der Waals surface area contributed by atoms with E-state index in [4.69, 9.17) is 12.2 Å². The van der Waals surface area contributed by atoms with Crippen LogP contribution in [0.4, 0.5) is 0 Å². The van der Waals surface area contributed by atoms with Gasteiger partial charge in [-0.3, -0.25) is 4.79 Å². The Bertz CT molecular complexity index is 530. The molecule has 0 saturated heterocycles. The van der Waals surface area contributed by atoms with Crippen LogP contribution in [-0.4, -0.2) is 29.9 Å². The van der Waals surface area contributed by atoms with Crippen LogP contribution < -0.4 is 5.73 Å². The molecule has 21 heavy (non-hydrogen) atoms. The number of amides is 1. The summed E-state index contributed by atoms with van der Waals surface area (Å²) in [4.78, 5) is 14.9. The maximum Gasteiger partial charge on any atom is 0.233 e. The fourth-order valence-electron chi connectivity index (χ4n) is 3.31. The lowest BCUT2D eigenvalue weighted by molar-refractivity contribution is -0.134. The number of carbonyl (C=O) groups is 1. The van der Waals surface area contributed by atoms with E-state index >= 15 is 0 Å². The Balaban J connectivity index is 2.35. The molecule has 112 valence electrons. The molecule has 0 bridgehead atoms. The predicted molar refractivity (Wildman–Crippen MR) is 85.6 cm³/mol. The normalized spacial score (nSPS) is 25.0. The van der Waals surface area contributed by atoms with E-state index in [9.17, 15) is 4.79 Å². The first kappa shape index (κ1) is 15.6. The van der Waals surface area contributed by atoms with Crippen LogP contribution in [0.25, 0.3) is 0 Å². The minimum atomic E-state index is -0.469. The SMILES string of the molecule is C#CC[C@H](N)[C@@H]1C[C@@]1(C(=O)N(CC)CC)c1ccccc1. The lowest BCUT2D eigenvalue weighted by Crippen LogP contribution is -2.42. The van der Waals surface area contributed by atoms with Crippen molar-refractivity contribution in [3.8, 4) is 12.3 Å². The molecule has 0 aromatic heterocycles. The number of rotatable bonds is 6. The van der Waals surface area contributed by atoms with Crippen molar-refractivity contribution in [2.24, 2.45) is 11.7 Å². The zero-order valence-electron chi connectivity index (χ0n) is 12.9. The number of nitrogens with zero attached hydrogens (tertiary/aromatic N) is 1. The van der Waals surface area contributed by atoms with Crippen LogP contribution in [0.2, 0.25) is 0 Å². The molecule has 2 N–H and O–H groups in total. The summed E-state index contributed by atoms with van der Waals surface area (Å²) in [5.74, 6) is 2.96. The number of likely N-dealkylation sites (N-methyl/N-ethyl adjacent to an activating group) is 1. The van der Waals surface area contributed by atoms with Crippen LogP contribution in [0, 0.1) is 18.3 Å². The van der Waals surface area contributed by atoms with Crippen molar-refractivity contribution < 1.29 is 4.79 Å². The molecule has 0 unspecified atom stereocenters. The number of hydrogen-bond acceptors (Lipinski definition) is 2. The van der Waals surface area contributed by atoms with Gasteiger partial charge in [0, 0.05) is 25.6 Å². The molecule has 1 aliphatic rings. The molecule has 1 aliphatic carbocycles. The first-order chi connectivity index (χ1) is 10.1. The molecule has 1 aromatic carbocycles. The third-order valence-corrected chi connectivity index (χ3v) is 4.61. The summed E-state index contributed by atoms with van der Waals surface area (Å²) in [5, 5.41) is 0. The molecular weight excluding hydrogens is 260 g/mol. The van der Waals surface area contributed by atoms with Gasteiger partial charge in [0.25, 0.3) is 0 Å². The molecule has 1 fully saturated rings. The molecule has 3 nitrogen and oxygen atoms in total. The molecule has 0 aliphatic heterocycles. The topological polar surface area (TPSA) is 46.3 Å². The zero-order valence-corrected chi connectivity index (χ0v) is 12.9. The van der Waals surface area contributed by atoms with Crippen molar-refractivity contribution in [2.45, 2.75) is 38.1 Å². The van der Waals surface area contributed by atoms with Gasteiger partial charge in [0.2, 0.25) is 5.91 Å². The number of carbonyl (C=O) groups excluding carboxylic acids is 1. The fourth-order valence-corrected chi connectivity index (χ4v) is 3.31. The van der Waals surface area contributed by atoms with Gasteiger partial charge >= 0.3 is 0 Å². The fraction of sp³-hybridized carbons (Fsp3) is 0.500. The van der Waals surface area contributed by atoms with Crippen LogP contribution in [0.5, 0.6) is 0 Å². The minimum Gasteiger partial charge on any atom is -0.342 e. The van der Waals surface area contributed by atoms with Crippen LogP contribution >= 0.6 is 0 Å². The van der Waals surface area contributed by atoms with E-state index in [0.29, 0.717) is 6.42 Å². The zero-order chi connectivity index (χ0) is 15.5. The Hall–Kier alpha value is -1.79. The highest BCUT2D eigenvalue weighted by Gasteiger charge is 2.63. The summed E-state index contributed by atoms with van der Waals surface area (Å²) >= 11 is 0. The highest BCUT2D eigenvalue weighted by molar-refractivity contribution is 5.92. The summed E-state index contributed by atoms with van der Waals surface area (Å²) in [6, 6.07) is 9.88. The average Bonchev–Trinajstić information content (AvgIpc) is 3.26.